The zero-order valence-electron chi connectivity index (χ0n) is 10.3. The van der Waals surface area contributed by atoms with Crippen molar-refractivity contribution in [3.8, 4) is 11.5 Å². The number of aromatic amines is 1. The third kappa shape index (κ3) is 2.34. The van der Waals surface area contributed by atoms with Gasteiger partial charge in [0.25, 0.3) is 0 Å². The van der Waals surface area contributed by atoms with Gasteiger partial charge in [-0.25, -0.2) is 4.98 Å². The number of likely N-dealkylation sites (N-methyl/N-ethyl adjacent to an activating group) is 1. The van der Waals surface area contributed by atoms with Crippen LogP contribution in [0.15, 0.2) is 12.1 Å². The van der Waals surface area contributed by atoms with Crippen molar-refractivity contribution in [2.24, 2.45) is 0 Å². The molecule has 17 heavy (non-hydrogen) atoms. The van der Waals surface area contributed by atoms with Crippen LogP contribution in [0.5, 0.6) is 11.5 Å². The van der Waals surface area contributed by atoms with Crippen molar-refractivity contribution in [3.63, 3.8) is 0 Å². The number of hydrogen-bond donors (Lipinski definition) is 2. The lowest BCUT2D eigenvalue weighted by Gasteiger charge is -2.06. The molecule has 92 valence electrons. The molecule has 2 aromatic rings. The van der Waals surface area contributed by atoms with Crippen LogP contribution in [0.2, 0.25) is 0 Å². The van der Waals surface area contributed by atoms with E-state index in [9.17, 15) is 0 Å². The number of ether oxygens (including phenoxy) is 2. The van der Waals surface area contributed by atoms with Gasteiger partial charge >= 0.3 is 0 Å². The van der Waals surface area contributed by atoms with Gasteiger partial charge in [0.2, 0.25) is 0 Å². The van der Waals surface area contributed by atoms with Gasteiger partial charge in [-0.2, -0.15) is 0 Å². The topological polar surface area (TPSA) is 59.2 Å². The molecule has 0 saturated heterocycles. The molecule has 1 aromatic carbocycles. The molecule has 1 heterocycles. The first-order valence-electron chi connectivity index (χ1n) is 5.53. The Balaban J connectivity index is 2.39. The van der Waals surface area contributed by atoms with E-state index in [0.717, 1.165) is 29.8 Å². The number of aromatic nitrogens is 2. The van der Waals surface area contributed by atoms with E-state index in [1.165, 1.54) is 0 Å². The molecule has 5 heteroatoms. The van der Waals surface area contributed by atoms with Gasteiger partial charge in [-0.1, -0.05) is 0 Å². The van der Waals surface area contributed by atoms with E-state index < -0.39 is 0 Å². The van der Waals surface area contributed by atoms with Crippen LogP contribution in [0.25, 0.3) is 11.0 Å². The first kappa shape index (κ1) is 11.7. The number of methoxy groups -OCH3 is 2. The van der Waals surface area contributed by atoms with Crippen LogP contribution in [-0.2, 0) is 6.42 Å². The second-order valence-electron chi connectivity index (χ2n) is 3.76. The molecular weight excluding hydrogens is 218 g/mol. The Morgan fingerprint density at radius 1 is 1.24 bits per heavy atom. The molecule has 0 fully saturated rings. The average molecular weight is 235 g/mol. The summed E-state index contributed by atoms with van der Waals surface area (Å²) in [7, 11) is 5.18. The summed E-state index contributed by atoms with van der Waals surface area (Å²) in [5.41, 5.74) is 1.86. The van der Waals surface area contributed by atoms with Gasteiger partial charge in [0.15, 0.2) is 11.5 Å². The van der Waals surface area contributed by atoms with Crippen molar-refractivity contribution in [3.05, 3.63) is 18.0 Å². The average Bonchev–Trinajstić information content (AvgIpc) is 2.76. The van der Waals surface area contributed by atoms with Crippen molar-refractivity contribution >= 4 is 11.0 Å². The molecular formula is C12H17N3O2. The van der Waals surface area contributed by atoms with Crippen LogP contribution in [0.3, 0.4) is 0 Å². The lowest BCUT2D eigenvalue weighted by Crippen LogP contribution is -2.10. The highest BCUT2D eigenvalue weighted by Gasteiger charge is 2.09. The van der Waals surface area contributed by atoms with Gasteiger partial charge in [0.1, 0.15) is 5.82 Å². The van der Waals surface area contributed by atoms with Gasteiger partial charge in [0, 0.05) is 25.1 Å². The van der Waals surface area contributed by atoms with E-state index in [1.807, 2.05) is 19.2 Å². The highest BCUT2D eigenvalue weighted by Crippen LogP contribution is 2.30. The fourth-order valence-electron chi connectivity index (χ4n) is 1.75. The van der Waals surface area contributed by atoms with Crippen molar-refractivity contribution in [1.82, 2.24) is 15.3 Å². The summed E-state index contributed by atoms with van der Waals surface area (Å²) in [6.07, 6.45) is 0.871. The van der Waals surface area contributed by atoms with E-state index in [-0.39, 0.29) is 0 Å². The molecule has 0 aliphatic carbocycles. The highest BCUT2D eigenvalue weighted by atomic mass is 16.5. The van der Waals surface area contributed by atoms with E-state index in [0.29, 0.717) is 11.5 Å². The second kappa shape index (κ2) is 5.05. The van der Waals surface area contributed by atoms with Crippen LogP contribution in [0, 0.1) is 0 Å². The van der Waals surface area contributed by atoms with Crippen LogP contribution in [0.1, 0.15) is 5.82 Å². The first-order chi connectivity index (χ1) is 8.28. The first-order valence-corrected chi connectivity index (χ1v) is 5.53. The predicted octanol–water partition coefficient (Wildman–Crippen LogP) is 1.34. The largest absolute Gasteiger partial charge is 0.493 e. The van der Waals surface area contributed by atoms with E-state index >= 15 is 0 Å². The lowest BCUT2D eigenvalue weighted by atomic mass is 10.3. The summed E-state index contributed by atoms with van der Waals surface area (Å²) in [4.78, 5) is 7.77. The number of hydrogen-bond acceptors (Lipinski definition) is 4. The van der Waals surface area contributed by atoms with Crippen LogP contribution < -0.4 is 14.8 Å². The highest BCUT2D eigenvalue weighted by molar-refractivity contribution is 5.79. The SMILES string of the molecule is CNCCc1nc2cc(OC)c(OC)cc2[nH]1. The number of H-pyrrole nitrogens is 1. The number of benzene rings is 1. The Morgan fingerprint density at radius 3 is 2.59 bits per heavy atom. The molecule has 0 bridgehead atoms. The molecule has 0 unspecified atom stereocenters. The number of nitrogens with zero attached hydrogens (tertiary/aromatic N) is 1. The van der Waals surface area contributed by atoms with Gasteiger partial charge in [-0.15, -0.1) is 0 Å². The standard InChI is InChI=1S/C12H17N3O2/c1-13-5-4-12-14-8-6-10(16-2)11(17-3)7-9(8)15-12/h6-7,13H,4-5H2,1-3H3,(H,14,15). The van der Waals surface area contributed by atoms with Gasteiger partial charge < -0.3 is 19.8 Å². The molecule has 0 saturated carbocycles. The van der Waals surface area contributed by atoms with E-state index in [2.05, 4.69) is 15.3 Å². The molecule has 0 aliphatic heterocycles. The Morgan fingerprint density at radius 2 is 1.94 bits per heavy atom. The molecule has 1 aromatic heterocycles. The summed E-state index contributed by atoms with van der Waals surface area (Å²) >= 11 is 0. The quantitative estimate of drug-likeness (QED) is 0.821. The third-order valence-corrected chi connectivity index (χ3v) is 2.65. The Bertz CT molecular complexity index is 467. The van der Waals surface area contributed by atoms with Crippen LogP contribution in [-0.4, -0.2) is 37.8 Å². The minimum atomic E-state index is 0.701. The summed E-state index contributed by atoms with van der Waals surface area (Å²) in [6, 6.07) is 3.79. The molecule has 0 amide bonds. The molecule has 0 aliphatic rings. The smallest absolute Gasteiger partial charge is 0.163 e. The fraction of sp³-hybridized carbons (Fsp3) is 0.417. The van der Waals surface area contributed by atoms with Gasteiger partial charge in [-0.3, -0.25) is 0 Å². The minimum Gasteiger partial charge on any atom is -0.493 e. The van der Waals surface area contributed by atoms with Gasteiger partial charge in [-0.05, 0) is 7.05 Å². The number of nitrogens with one attached hydrogen (secondary N) is 2. The van der Waals surface area contributed by atoms with E-state index in [4.69, 9.17) is 9.47 Å². The summed E-state index contributed by atoms with van der Waals surface area (Å²) in [5.74, 6) is 2.38. The summed E-state index contributed by atoms with van der Waals surface area (Å²) < 4.78 is 10.5. The maximum absolute atomic E-state index is 5.25. The monoisotopic (exact) mass is 235 g/mol. The molecule has 2 N–H and O–H groups in total. The Kier molecular flexibility index (Phi) is 3.49. The Hall–Kier alpha value is -1.75. The van der Waals surface area contributed by atoms with Crippen molar-refractivity contribution in [2.45, 2.75) is 6.42 Å². The van der Waals surface area contributed by atoms with E-state index in [1.54, 1.807) is 14.2 Å². The maximum atomic E-state index is 5.25. The molecule has 0 radical (unpaired) electrons. The number of imidazole rings is 1. The zero-order valence-corrected chi connectivity index (χ0v) is 10.3. The molecule has 5 nitrogen and oxygen atoms in total. The lowest BCUT2D eigenvalue weighted by molar-refractivity contribution is 0.356. The van der Waals surface area contributed by atoms with Crippen molar-refractivity contribution < 1.29 is 9.47 Å². The zero-order chi connectivity index (χ0) is 12.3. The maximum Gasteiger partial charge on any atom is 0.163 e. The van der Waals surface area contributed by atoms with Crippen molar-refractivity contribution in [2.75, 3.05) is 27.8 Å². The minimum absolute atomic E-state index is 0.701. The molecule has 2 rings (SSSR count). The molecule has 0 atom stereocenters. The van der Waals surface area contributed by atoms with Crippen molar-refractivity contribution in [1.29, 1.82) is 0 Å². The summed E-state index contributed by atoms with van der Waals surface area (Å²) in [6.45, 7) is 0.897. The summed E-state index contributed by atoms with van der Waals surface area (Å²) in [5, 5.41) is 3.10. The predicted molar refractivity (Wildman–Crippen MR) is 66.8 cm³/mol. The van der Waals surface area contributed by atoms with Crippen LogP contribution >= 0.6 is 0 Å². The van der Waals surface area contributed by atoms with Gasteiger partial charge in [0.05, 0.1) is 25.3 Å². The number of fused-ring (bicyclic) bond motifs is 1. The normalized spacial score (nSPS) is 10.8. The second-order valence-corrected chi connectivity index (χ2v) is 3.76. The molecule has 0 spiro atoms. The Labute approximate surface area is 100 Å². The fourth-order valence-corrected chi connectivity index (χ4v) is 1.75. The number of rotatable bonds is 5. The third-order valence-electron chi connectivity index (χ3n) is 2.65. The van der Waals surface area contributed by atoms with Crippen LogP contribution in [0.4, 0.5) is 0 Å².